The van der Waals surface area contributed by atoms with E-state index in [4.69, 9.17) is 14.2 Å². The summed E-state index contributed by atoms with van der Waals surface area (Å²) in [6, 6.07) is 12.5. The van der Waals surface area contributed by atoms with Gasteiger partial charge in [0, 0.05) is 10.9 Å². The Balaban J connectivity index is 1.70. The fraction of sp³-hybridized carbons (Fsp3) is 0.333. The van der Waals surface area contributed by atoms with Gasteiger partial charge >= 0.3 is 5.97 Å². The van der Waals surface area contributed by atoms with Crippen molar-refractivity contribution in [2.45, 2.75) is 37.5 Å². The molecule has 3 aromatic rings. The van der Waals surface area contributed by atoms with Crippen LogP contribution >= 0.6 is 11.3 Å². The van der Waals surface area contributed by atoms with Gasteiger partial charge in [-0.3, -0.25) is 9.10 Å². The van der Waals surface area contributed by atoms with Crippen LogP contribution in [0.1, 0.15) is 40.6 Å². The van der Waals surface area contributed by atoms with E-state index in [0.717, 1.165) is 40.4 Å². The van der Waals surface area contributed by atoms with Crippen LogP contribution in [0.3, 0.4) is 0 Å². The third-order valence-electron chi connectivity index (χ3n) is 6.18. The van der Waals surface area contributed by atoms with Gasteiger partial charge in [-0.25, -0.2) is 13.2 Å². The smallest absolute Gasteiger partial charge is 0.341 e. The number of fused-ring (bicyclic) bond motifs is 1. The van der Waals surface area contributed by atoms with Gasteiger partial charge in [-0.15, -0.1) is 11.3 Å². The normalized spacial score (nSPS) is 12.8. The van der Waals surface area contributed by atoms with Crippen molar-refractivity contribution in [3.8, 4) is 11.5 Å². The maximum Gasteiger partial charge on any atom is 0.341 e. The molecule has 9 nitrogen and oxygen atoms in total. The highest BCUT2D eigenvalue weighted by molar-refractivity contribution is 7.92. The number of hydrogen-bond donors (Lipinski definition) is 1. The molecule has 0 radical (unpaired) electrons. The molecule has 0 spiro atoms. The summed E-state index contributed by atoms with van der Waals surface area (Å²) >= 11 is 1.34. The predicted molar refractivity (Wildman–Crippen MR) is 146 cm³/mol. The maximum atomic E-state index is 13.7. The molecule has 38 heavy (non-hydrogen) atoms. The highest BCUT2D eigenvalue weighted by Crippen LogP contribution is 2.39. The molecule has 4 rings (SSSR count). The van der Waals surface area contributed by atoms with Crippen molar-refractivity contribution in [2.75, 3.05) is 37.0 Å². The first kappa shape index (κ1) is 27.5. The van der Waals surface area contributed by atoms with E-state index in [1.165, 1.54) is 43.8 Å². The first-order chi connectivity index (χ1) is 18.3. The lowest BCUT2D eigenvalue weighted by Gasteiger charge is -2.25. The fourth-order valence-electron chi connectivity index (χ4n) is 4.38. The zero-order valence-electron chi connectivity index (χ0n) is 21.5. The number of nitrogens with zero attached hydrogens (tertiary/aromatic N) is 1. The Bertz CT molecular complexity index is 1420. The number of methoxy groups -OCH3 is 2. The number of thiophene rings is 1. The molecule has 0 atom stereocenters. The van der Waals surface area contributed by atoms with Gasteiger partial charge in [0.15, 0.2) is 11.5 Å². The van der Waals surface area contributed by atoms with Crippen LogP contribution in [0, 0.1) is 0 Å². The third-order valence-corrected chi connectivity index (χ3v) is 9.17. The molecule has 11 heteroatoms. The van der Waals surface area contributed by atoms with E-state index in [-0.39, 0.29) is 17.2 Å². The number of ether oxygens (including phenoxy) is 3. The van der Waals surface area contributed by atoms with Crippen molar-refractivity contribution in [1.82, 2.24) is 0 Å². The van der Waals surface area contributed by atoms with E-state index in [1.54, 1.807) is 37.3 Å². The van der Waals surface area contributed by atoms with Gasteiger partial charge in [-0.1, -0.05) is 18.2 Å². The maximum absolute atomic E-state index is 13.7. The Morgan fingerprint density at radius 1 is 1.00 bits per heavy atom. The zero-order chi connectivity index (χ0) is 27.3. The SMILES string of the molecule is CCOC(=O)c1c(NC(=O)CN(c2ccc(OC)c(OC)c2)S(=O)(=O)c2ccccc2)sc2c1CCCC2. The molecule has 0 saturated carbocycles. The van der Waals surface area contributed by atoms with E-state index >= 15 is 0 Å². The van der Waals surface area contributed by atoms with Gasteiger partial charge in [0.1, 0.15) is 11.5 Å². The summed E-state index contributed by atoms with van der Waals surface area (Å²) in [5.74, 6) is -0.352. The molecule has 0 unspecified atom stereocenters. The summed E-state index contributed by atoms with van der Waals surface area (Å²) in [6.45, 7) is 1.40. The molecule has 1 amide bonds. The van der Waals surface area contributed by atoms with E-state index in [2.05, 4.69) is 5.32 Å². The quantitative estimate of drug-likeness (QED) is 0.361. The second-order valence-electron chi connectivity index (χ2n) is 8.55. The molecule has 202 valence electrons. The van der Waals surface area contributed by atoms with Crippen LogP contribution in [-0.4, -0.2) is 47.7 Å². The van der Waals surface area contributed by atoms with Crippen LogP contribution in [0.15, 0.2) is 53.4 Å². The molecule has 0 bridgehead atoms. The first-order valence-electron chi connectivity index (χ1n) is 12.2. The molecular formula is C27H30N2O7S2. The van der Waals surface area contributed by atoms with E-state index in [9.17, 15) is 18.0 Å². The van der Waals surface area contributed by atoms with E-state index in [0.29, 0.717) is 22.1 Å². The van der Waals surface area contributed by atoms with Gasteiger partial charge in [-0.05, 0) is 62.4 Å². The number of carbonyl (C=O) groups is 2. The summed E-state index contributed by atoms with van der Waals surface area (Å²) < 4.78 is 44.3. The highest BCUT2D eigenvalue weighted by atomic mass is 32.2. The highest BCUT2D eigenvalue weighted by Gasteiger charge is 2.31. The largest absolute Gasteiger partial charge is 0.493 e. The average Bonchev–Trinajstić information content (AvgIpc) is 3.29. The molecule has 1 aromatic heterocycles. The summed E-state index contributed by atoms with van der Waals surface area (Å²) in [7, 11) is -1.21. The van der Waals surface area contributed by atoms with Gasteiger partial charge in [-0.2, -0.15) is 0 Å². The van der Waals surface area contributed by atoms with Crippen molar-refractivity contribution >= 4 is 43.9 Å². The molecule has 0 saturated heterocycles. The second-order valence-corrected chi connectivity index (χ2v) is 11.5. The van der Waals surface area contributed by atoms with Crippen molar-refractivity contribution in [2.24, 2.45) is 0 Å². The summed E-state index contributed by atoms with van der Waals surface area (Å²) in [6.07, 6.45) is 3.51. The lowest BCUT2D eigenvalue weighted by atomic mass is 9.95. The van der Waals surface area contributed by atoms with Crippen molar-refractivity contribution < 1.29 is 32.2 Å². The molecule has 1 heterocycles. The molecule has 1 aliphatic carbocycles. The van der Waals surface area contributed by atoms with Crippen molar-refractivity contribution in [1.29, 1.82) is 0 Å². The van der Waals surface area contributed by atoms with Crippen molar-refractivity contribution in [3.05, 3.63) is 64.5 Å². The van der Waals surface area contributed by atoms with Crippen LogP contribution in [0.5, 0.6) is 11.5 Å². The minimum absolute atomic E-state index is 0.0291. The molecule has 0 fully saturated rings. The third kappa shape index (κ3) is 5.63. The Labute approximate surface area is 226 Å². The molecule has 2 aromatic carbocycles. The van der Waals surface area contributed by atoms with Gasteiger partial charge in [0.05, 0.1) is 37.0 Å². The van der Waals surface area contributed by atoms with Gasteiger partial charge < -0.3 is 19.5 Å². The number of esters is 1. The molecular weight excluding hydrogens is 528 g/mol. The number of nitrogens with one attached hydrogen (secondary N) is 1. The minimum Gasteiger partial charge on any atom is -0.493 e. The van der Waals surface area contributed by atoms with Crippen LogP contribution < -0.4 is 19.1 Å². The lowest BCUT2D eigenvalue weighted by Crippen LogP contribution is -2.38. The number of anilines is 2. The number of carbonyl (C=O) groups excluding carboxylic acids is 2. The number of sulfonamides is 1. The monoisotopic (exact) mass is 558 g/mol. The van der Waals surface area contributed by atoms with E-state index < -0.39 is 28.4 Å². The standard InChI is InChI=1S/C27H30N2O7S2/c1-4-36-27(31)25-20-12-8-9-13-23(20)37-26(25)28-24(30)17-29(38(32,33)19-10-6-5-7-11-19)18-14-15-21(34-2)22(16-18)35-3/h5-7,10-11,14-16H,4,8-9,12-13,17H2,1-3H3,(H,28,30). The Morgan fingerprint density at radius 3 is 2.39 bits per heavy atom. The summed E-state index contributed by atoms with van der Waals surface area (Å²) in [4.78, 5) is 27.3. The molecule has 0 aliphatic heterocycles. The Hall–Kier alpha value is -3.57. The Morgan fingerprint density at radius 2 is 1.71 bits per heavy atom. The first-order valence-corrected chi connectivity index (χ1v) is 14.5. The Kier molecular flexibility index (Phi) is 8.58. The topological polar surface area (TPSA) is 111 Å². The average molecular weight is 559 g/mol. The summed E-state index contributed by atoms with van der Waals surface area (Å²) in [5.41, 5.74) is 1.49. The second kappa shape index (κ2) is 11.9. The number of amides is 1. The number of aryl methyl sites for hydroxylation is 1. The number of rotatable bonds is 10. The minimum atomic E-state index is -4.14. The van der Waals surface area contributed by atoms with Gasteiger partial charge in [0.25, 0.3) is 10.0 Å². The zero-order valence-corrected chi connectivity index (χ0v) is 23.1. The molecule has 1 N–H and O–H groups in total. The van der Waals surface area contributed by atoms with Gasteiger partial charge in [0.2, 0.25) is 5.91 Å². The fourth-order valence-corrected chi connectivity index (χ4v) is 7.11. The predicted octanol–water partition coefficient (Wildman–Crippen LogP) is 4.65. The van der Waals surface area contributed by atoms with Crippen molar-refractivity contribution in [3.63, 3.8) is 0 Å². The molecule has 1 aliphatic rings. The van der Waals surface area contributed by atoms with Crippen LogP contribution in [-0.2, 0) is 32.4 Å². The van der Waals surface area contributed by atoms with Crippen LogP contribution in [0.4, 0.5) is 10.7 Å². The van der Waals surface area contributed by atoms with Crippen LogP contribution in [0.25, 0.3) is 0 Å². The number of hydrogen-bond acceptors (Lipinski definition) is 8. The lowest BCUT2D eigenvalue weighted by molar-refractivity contribution is -0.114. The number of benzene rings is 2. The van der Waals surface area contributed by atoms with E-state index in [1.807, 2.05) is 0 Å². The van der Waals surface area contributed by atoms with Crippen LogP contribution in [0.2, 0.25) is 0 Å². The summed E-state index contributed by atoms with van der Waals surface area (Å²) in [5, 5.41) is 3.18.